The van der Waals surface area contributed by atoms with Crippen LogP contribution < -0.4 is 0 Å². The SMILES string of the molecule is Cc1cccc2[nH]cc(C(=O)c3cscn3)c12. The molecule has 0 radical (unpaired) electrons. The molecule has 0 unspecified atom stereocenters. The van der Waals surface area contributed by atoms with Crippen LogP contribution in [0.2, 0.25) is 0 Å². The minimum Gasteiger partial charge on any atom is -0.360 e. The van der Waals surface area contributed by atoms with Gasteiger partial charge in [-0.15, -0.1) is 11.3 Å². The number of hydrogen-bond acceptors (Lipinski definition) is 3. The molecule has 2 heterocycles. The molecule has 0 saturated carbocycles. The van der Waals surface area contributed by atoms with E-state index in [0.29, 0.717) is 11.3 Å². The van der Waals surface area contributed by atoms with Crippen LogP contribution in [0.1, 0.15) is 21.6 Å². The number of rotatable bonds is 2. The van der Waals surface area contributed by atoms with E-state index in [-0.39, 0.29) is 5.78 Å². The maximum absolute atomic E-state index is 12.3. The molecule has 1 aromatic carbocycles. The van der Waals surface area contributed by atoms with Gasteiger partial charge in [0.2, 0.25) is 5.78 Å². The summed E-state index contributed by atoms with van der Waals surface area (Å²) in [4.78, 5) is 19.4. The number of benzene rings is 1. The van der Waals surface area contributed by atoms with E-state index in [1.54, 1.807) is 17.1 Å². The summed E-state index contributed by atoms with van der Waals surface area (Å²) in [7, 11) is 0. The first kappa shape index (κ1) is 10.2. The number of ketones is 1. The standard InChI is InChI=1S/C13H10N2OS/c1-8-3-2-4-10-12(8)9(5-14-10)13(16)11-6-17-7-15-11/h2-7,14H,1H3. The molecular formula is C13H10N2OS. The normalized spacial score (nSPS) is 10.9. The molecule has 4 heteroatoms. The Labute approximate surface area is 102 Å². The molecule has 3 nitrogen and oxygen atoms in total. The van der Waals surface area contributed by atoms with Crippen molar-refractivity contribution in [2.75, 3.05) is 0 Å². The van der Waals surface area contributed by atoms with Crippen LogP contribution in [0.4, 0.5) is 0 Å². The first-order chi connectivity index (χ1) is 8.27. The Morgan fingerprint density at radius 3 is 3.06 bits per heavy atom. The third-order valence-electron chi connectivity index (χ3n) is 2.82. The van der Waals surface area contributed by atoms with Gasteiger partial charge in [0.25, 0.3) is 0 Å². The van der Waals surface area contributed by atoms with Crippen LogP contribution in [0.25, 0.3) is 10.9 Å². The molecule has 0 fully saturated rings. The smallest absolute Gasteiger partial charge is 0.214 e. The number of fused-ring (bicyclic) bond motifs is 1. The Balaban J connectivity index is 2.22. The quantitative estimate of drug-likeness (QED) is 0.701. The average molecular weight is 242 g/mol. The van der Waals surface area contributed by atoms with Gasteiger partial charge in [-0.05, 0) is 18.6 Å². The number of aromatic nitrogens is 2. The van der Waals surface area contributed by atoms with E-state index in [4.69, 9.17) is 0 Å². The summed E-state index contributed by atoms with van der Waals surface area (Å²) >= 11 is 1.43. The molecule has 0 aliphatic carbocycles. The van der Waals surface area contributed by atoms with E-state index in [2.05, 4.69) is 9.97 Å². The molecule has 3 aromatic rings. The van der Waals surface area contributed by atoms with Crippen LogP contribution in [0.3, 0.4) is 0 Å². The van der Waals surface area contributed by atoms with Crippen LogP contribution in [0.5, 0.6) is 0 Å². The van der Waals surface area contributed by atoms with Gasteiger partial charge in [-0.1, -0.05) is 12.1 Å². The number of aryl methyl sites for hydroxylation is 1. The van der Waals surface area contributed by atoms with Gasteiger partial charge in [0.05, 0.1) is 5.51 Å². The van der Waals surface area contributed by atoms with Crippen molar-refractivity contribution in [3.63, 3.8) is 0 Å². The van der Waals surface area contributed by atoms with Gasteiger partial charge in [-0.3, -0.25) is 4.79 Å². The van der Waals surface area contributed by atoms with Crippen molar-refractivity contribution in [2.24, 2.45) is 0 Å². The van der Waals surface area contributed by atoms with Crippen LogP contribution in [0.15, 0.2) is 35.3 Å². The molecule has 0 aliphatic heterocycles. The summed E-state index contributed by atoms with van der Waals surface area (Å²) in [5, 5.41) is 2.77. The number of aromatic amines is 1. The minimum absolute atomic E-state index is 0.0215. The van der Waals surface area contributed by atoms with Crippen molar-refractivity contribution >= 4 is 28.0 Å². The Morgan fingerprint density at radius 1 is 1.41 bits per heavy atom. The lowest BCUT2D eigenvalue weighted by Crippen LogP contribution is -2.00. The zero-order valence-electron chi connectivity index (χ0n) is 9.23. The van der Waals surface area contributed by atoms with E-state index in [0.717, 1.165) is 16.5 Å². The van der Waals surface area contributed by atoms with Crippen molar-refractivity contribution < 1.29 is 4.79 Å². The Bertz CT molecular complexity index is 683. The molecule has 17 heavy (non-hydrogen) atoms. The monoisotopic (exact) mass is 242 g/mol. The van der Waals surface area contributed by atoms with E-state index in [1.165, 1.54) is 11.3 Å². The molecule has 0 bridgehead atoms. The second kappa shape index (κ2) is 3.82. The number of carbonyl (C=O) groups excluding carboxylic acids is 1. The molecule has 2 aromatic heterocycles. The summed E-state index contributed by atoms with van der Waals surface area (Å²) in [6.07, 6.45) is 1.76. The minimum atomic E-state index is -0.0215. The molecule has 1 N–H and O–H groups in total. The summed E-state index contributed by atoms with van der Waals surface area (Å²) in [5.74, 6) is -0.0215. The summed E-state index contributed by atoms with van der Waals surface area (Å²) in [5.41, 5.74) is 4.98. The van der Waals surface area contributed by atoms with E-state index < -0.39 is 0 Å². The first-order valence-corrected chi connectivity index (χ1v) is 6.21. The number of hydrogen-bond donors (Lipinski definition) is 1. The maximum Gasteiger partial charge on any atom is 0.214 e. The predicted octanol–water partition coefficient (Wildman–Crippen LogP) is 3.16. The van der Waals surface area contributed by atoms with Crippen LogP contribution in [0, 0.1) is 6.92 Å². The van der Waals surface area contributed by atoms with Gasteiger partial charge in [0.1, 0.15) is 5.69 Å². The topological polar surface area (TPSA) is 45.8 Å². The predicted molar refractivity (Wildman–Crippen MR) is 68.6 cm³/mol. The number of nitrogens with zero attached hydrogens (tertiary/aromatic N) is 1. The zero-order chi connectivity index (χ0) is 11.8. The summed E-state index contributed by atoms with van der Waals surface area (Å²) < 4.78 is 0. The lowest BCUT2D eigenvalue weighted by atomic mass is 10.0. The molecule has 0 atom stereocenters. The average Bonchev–Trinajstić information content (AvgIpc) is 2.98. The Hall–Kier alpha value is -1.94. The van der Waals surface area contributed by atoms with Crippen molar-refractivity contribution in [3.8, 4) is 0 Å². The molecule has 0 saturated heterocycles. The van der Waals surface area contributed by atoms with E-state index >= 15 is 0 Å². The summed E-state index contributed by atoms with van der Waals surface area (Å²) in [6.45, 7) is 2.01. The van der Waals surface area contributed by atoms with Gasteiger partial charge in [0, 0.05) is 28.0 Å². The van der Waals surface area contributed by atoms with Crippen LogP contribution in [-0.2, 0) is 0 Å². The van der Waals surface area contributed by atoms with Crippen molar-refractivity contribution in [1.82, 2.24) is 9.97 Å². The lowest BCUT2D eigenvalue weighted by molar-refractivity contribution is 0.103. The number of carbonyl (C=O) groups is 1. The van der Waals surface area contributed by atoms with Gasteiger partial charge < -0.3 is 4.98 Å². The van der Waals surface area contributed by atoms with Crippen LogP contribution in [-0.4, -0.2) is 15.8 Å². The van der Waals surface area contributed by atoms with E-state index in [9.17, 15) is 4.79 Å². The van der Waals surface area contributed by atoms with Gasteiger partial charge in [-0.25, -0.2) is 4.98 Å². The number of H-pyrrole nitrogens is 1. The Kier molecular flexibility index (Phi) is 2.30. The van der Waals surface area contributed by atoms with Gasteiger partial charge >= 0.3 is 0 Å². The molecule has 84 valence electrons. The first-order valence-electron chi connectivity index (χ1n) is 5.27. The van der Waals surface area contributed by atoms with Crippen molar-refractivity contribution in [3.05, 3.63) is 52.1 Å². The third kappa shape index (κ3) is 1.57. The highest BCUT2D eigenvalue weighted by atomic mass is 32.1. The molecule has 0 spiro atoms. The maximum atomic E-state index is 12.3. The zero-order valence-corrected chi connectivity index (χ0v) is 10.0. The van der Waals surface area contributed by atoms with Gasteiger partial charge in [-0.2, -0.15) is 0 Å². The second-order valence-corrected chi connectivity index (χ2v) is 4.62. The van der Waals surface area contributed by atoms with E-state index in [1.807, 2.05) is 25.1 Å². The van der Waals surface area contributed by atoms with Crippen molar-refractivity contribution in [2.45, 2.75) is 6.92 Å². The molecule has 0 aliphatic rings. The molecular weight excluding hydrogens is 232 g/mol. The second-order valence-electron chi connectivity index (χ2n) is 3.90. The molecule has 3 rings (SSSR count). The highest BCUT2D eigenvalue weighted by Crippen LogP contribution is 2.24. The third-order valence-corrected chi connectivity index (χ3v) is 3.41. The number of nitrogens with one attached hydrogen (secondary N) is 1. The highest BCUT2D eigenvalue weighted by molar-refractivity contribution is 7.07. The fraction of sp³-hybridized carbons (Fsp3) is 0.0769. The van der Waals surface area contributed by atoms with Crippen LogP contribution >= 0.6 is 11.3 Å². The fourth-order valence-corrected chi connectivity index (χ4v) is 2.54. The molecule has 0 amide bonds. The summed E-state index contributed by atoms with van der Waals surface area (Å²) in [6, 6.07) is 5.96. The number of thiazole rings is 1. The van der Waals surface area contributed by atoms with Gasteiger partial charge in [0.15, 0.2) is 0 Å². The lowest BCUT2D eigenvalue weighted by Gasteiger charge is -1.99. The highest BCUT2D eigenvalue weighted by Gasteiger charge is 2.16. The fourth-order valence-electron chi connectivity index (χ4n) is 2.01. The Morgan fingerprint density at radius 2 is 2.29 bits per heavy atom. The largest absolute Gasteiger partial charge is 0.360 e. The van der Waals surface area contributed by atoms with Crippen molar-refractivity contribution in [1.29, 1.82) is 0 Å².